The van der Waals surface area contributed by atoms with Gasteiger partial charge < -0.3 is 16.3 Å². The molecule has 0 aliphatic heterocycles. The number of hydrogen-bond donors (Lipinski definition) is 3. The van der Waals surface area contributed by atoms with Gasteiger partial charge in [0.2, 0.25) is 0 Å². The van der Waals surface area contributed by atoms with E-state index >= 15 is 0 Å². The van der Waals surface area contributed by atoms with Crippen molar-refractivity contribution in [1.82, 2.24) is 5.32 Å². The van der Waals surface area contributed by atoms with Crippen LogP contribution in [-0.4, -0.2) is 38.3 Å². The maximum Gasteiger partial charge on any atom is 0.179 e. The third-order valence-electron chi connectivity index (χ3n) is 3.82. The molecule has 4 N–H and O–H groups in total. The molecule has 0 amide bonds. The van der Waals surface area contributed by atoms with Gasteiger partial charge in [0, 0.05) is 12.1 Å². The average molecular weight is 311 g/mol. The Hall–Kier alpha value is -1.60. The summed E-state index contributed by atoms with van der Waals surface area (Å²) in [5, 5.41) is 14.6. The number of sulfone groups is 1. The van der Waals surface area contributed by atoms with E-state index in [4.69, 9.17) is 10.9 Å². The van der Waals surface area contributed by atoms with Crippen LogP contribution in [0.5, 0.6) is 0 Å². The van der Waals surface area contributed by atoms with E-state index in [1.807, 2.05) is 0 Å². The van der Waals surface area contributed by atoms with E-state index in [1.54, 1.807) is 0 Å². The lowest BCUT2D eigenvalue weighted by Gasteiger charge is -2.25. The Labute approximate surface area is 125 Å². The fourth-order valence-corrected chi connectivity index (χ4v) is 3.42. The maximum atomic E-state index is 12.2. The maximum absolute atomic E-state index is 12.2. The van der Waals surface area contributed by atoms with Gasteiger partial charge in [-0.2, -0.15) is 0 Å². The summed E-state index contributed by atoms with van der Waals surface area (Å²) in [5.74, 6) is 0.747. The molecule has 0 bridgehead atoms. The van der Waals surface area contributed by atoms with E-state index < -0.39 is 9.84 Å². The van der Waals surface area contributed by atoms with Crippen molar-refractivity contribution in [3.8, 4) is 0 Å². The van der Waals surface area contributed by atoms with Crippen LogP contribution in [0, 0.1) is 5.92 Å². The zero-order valence-corrected chi connectivity index (χ0v) is 12.6. The van der Waals surface area contributed by atoms with Crippen LogP contribution in [0.3, 0.4) is 0 Å². The highest BCUT2D eigenvalue weighted by molar-refractivity contribution is 7.91. The third kappa shape index (κ3) is 4.18. The Morgan fingerprint density at radius 3 is 2.52 bits per heavy atom. The summed E-state index contributed by atoms with van der Waals surface area (Å²) < 4.78 is 24.3. The van der Waals surface area contributed by atoms with E-state index in [0.29, 0.717) is 18.0 Å². The van der Waals surface area contributed by atoms with Crippen molar-refractivity contribution >= 4 is 15.7 Å². The normalized spacial score (nSPS) is 16.7. The van der Waals surface area contributed by atoms with Gasteiger partial charge in [0.25, 0.3) is 0 Å². The van der Waals surface area contributed by atoms with Crippen LogP contribution in [0.25, 0.3) is 0 Å². The largest absolute Gasteiger partial charge is 0.409 e. The minimum absolute atomic E-state index is 0.0406. The minimum Gasteiger partial charge on any atom is -0.409 e. The first-order valence-electron chi connectivity index (χ1n) is 7.04. The lowest BCUT2D eigenvalue weighted by Crippen LogP contribution is -2.31. The third-order valence-corrected chi connectivity index (χ3v) is 5.55. The monoisotopic (exact) mass is 311 g/mol. The Balaban J connectivity index is 1.89. The molecule has 0 aromatic heterocycles. The highest BCUT2D eigenvalue weighted by Gasteiger charge is 2.18. The molecule has 1 aromatic rings. The van der Waals surface area contributed by atoms with Crippen molar-refractivity contribution in [3.63, 3.8) is 0 Å². The quantitative estimate of drug-likeness (QED) is 0.228. The number of benzene rings is 1. The lowest BCUT2D eigenvalue weighted by atomic mass is 9.85. The van der Waals surface area contributed by atoms with Gasteiger partial charge in [-0.3, -0.25) is 0 Å². The van der Waals surface area contributed by atoms with Crippen molar-refractivity contribution in [2.75, 3.05) is 18.8 Å². The lowest BCUT2D eigenvalue weighted by molar-refractivity contribution is 0.304. The van der Waals surface area contributed by atoms with Crippen molar-refractivity contribution in [1.29, 1.82) is 0 Å². The highest BCUT2D eigenvalue weighted by Crippen LogP contribution is 2.25. The van der Waals surface area contributed by atoms with E-state index in [9.17, 15) is 8.42 Å². The standard InChI is InChI=1S/C14H21N3O3S/c15-14(17-18)12-4-6-13(7-5-12)21(19,20)9-8-16-10-11-2-1-3-11/h4-7,11,16,18H,1-3,8-10H2,(H2,15,17). The van der Waals surface area contributed by atoms with Crippen molar-refractivity contribution < 1.29 is 13.6 Å². The van der Waals surface area contributed by atoms with E-state index in [0.717, 1.165) is 6.54 Å². The molecule has 1 saturated carbocycles. The van der Waals surface area contributed by atoms with Gasteiger partial charge in [0.15, 0.2) is 15.7 Å². The molecule has 0 atom stereocenters. The fraction of sp³-hybridized carbons (Fsp3) is 0.500. The van der Waals surface area contributed by atoms with Crippen LogP contribution >= 0.6 is 0 Å². The predicted octanol–water partition coefficient (Wildman–Crippen LogP) is 0.944. The van der Waals surface area contributed by atoms with Crippen molar-refractivity contribution in [2.24, 2.45) is 16.8 Å². The van der Waals surface area contributed by atoms with Gasteiger partial charge in [0.05, 0.1) is 10.6 Å². The van der Waals surface area contributed by atoms with Crippen LogP contribution in [0.2, 0.25) is 0 Å². The van der Waals surface area contributed by atoms with Gasteiger partial charge in [-0.15, -0.1) is 0 Å². The Bertz CT molecular complexity index is 592. The molecule has 1 fully saturated rings. The summed E-state index contributed by atoms with van der Waals surface area (Å²) in [5.41, 5.74) is 5.92. The molecule has 1 aliphatic carbocycles. The Morgan fingerprint density at radius 1 is 1.33 bits per heavy atom. The Morgan fingerprint density at radius 2 is 2.00 bits per heavy atom. The number of hydrogen-bond acceptors (Lipinski definition) is 5. The first-order chi connectivity index (χ1) is 10.0. The van der Waals surface area contributed by atoms with Gasteiger partial charge in [-0.05, 0) is 49.6 Å². The fourth-order valence-electron chi connectivity index (χ4n) is 2.22. The van der Waals surface area contributed by atoms with Gasteiger partial charge in [0.1, 0.15) is 0 Å². The first-order valence-corrected chi connectivity index (χ1v) is 8.69. The molecule has 0 radical (unpaired) electrons. The molecule has 6 nitrogen and oxygen atoms in total. The number of nitrogens with two attached hydrogens (primary N) is 1. The number of rotatable bonds is 7. The molecular formula is C14H21N3O3S. The van der Waals surface area contributed by atoms with E-state index in [1.165, 1.54) is 43.5 Å². The number of nitrogens with one attached hydrogen (secondary N) is 1. The van der Waals surface area contributed by atoms with Crippen molar-refractivity contribution in [2.45, 2.75) is 24.2 Å². The summed E-state index contributed by atoms with van der Waals surface area (Å²) >= 11 is 0. The molecule has 21 heavy (non-hydrogen) atoms. The first kappa shape index (κ1) is 15.8. The molecule has 1 aromatic carbocycles. The van der Waals surface area contributed by atoms with Crippen molar-refractivity contribution in [3.05, 3.63) is 29.8 Å². The summed E-state index contributed by atoms with van der Waals surface area (Å²) in [4.78, 5) is 0.252. The summed E-state index contributed by atoms with van der Waals surface area (Å²) in [6.45, 7) is 1.36. The van der Waals surface area contributed by atoms with Crippen LogP contribution in [0.15, 0.2) is 34.3 Å². The zero-order chi connectivity index (χ0) is 15.3. The summed E-state index contributed by atoms with van der Waals surface area (Å²) in [7, 11) is -3.30. The number of nitrogens with zero attached hydrogens (tertiary/aromatic N) is 1. The molecule has 7 heteroatoms. The van der Waals surface area contributed by atoms with Crippen LogP contribution in [0.1, 0.15) is 24.8 Å². The molecule has 2 rings (SSSR count). The molecule has 0 unspecified atom stereocenters. The highest BCUT2D eigenvalue weighted by atomic mass is 32.2. The number of amidine groups is 1. The topological polar surface area (TPSA) is 105 Å². The second-order valence-corrected chi connectivity index (χ2v) is 7.44. The molecule has 116 valence electrons. The molecule has 0 heterocycles. The van der Waals surface area contributed by atoms with Crippen LogP contribution < -0.4 is 11.1 Å². The SMILES string of the molecule is N/C(=N/O)c1ccc(S(=O)(=O)CCNCC2CCC2)cc1. The van der Waals surface area contributed by atoms with Gasteiger partial charge >= 0.3 is 0 Å². The predicted molar refractivity (Wildman–Crippen MR) is 81.2 cm³/mol. The molecule has 0 spiro atoms. The molecular weight excluding hydrogens is 290 g/mol. The molecule has 0 saturated heterocycles. The van der Waals surface area contributed by atoms with E-state index in [2.05, 4.69) is 10.5 Å². The summed E-state index contributed by atoms with van der Waals surface area (Å²) in [6.07, 6.45) is 3.78. The number of oxime groups is 1. The summed E-state index contributed by atoms with van der Waals surface area (Å²) in [6, 6.07) is 6.02. The van der Waals surface area contributed by atoms with Crippen LogP contribution in [-0.2, 0) is 9.84 Å². The minimum atomic E-state index is -3.30. The smallest absolute Gasteiger partial charge is 0.179 e. The second kappa shape index (κ2) is 6.91. The Kier molecular flexibility index (Phi) is 5.19. The van der Waals surface area contributed by atoms with Gasteiger partial charge in [-0.1, -0.05) is 11.6 Å². The zero-order valence-electron chi connectivity index (χ0n) is 11.8. The molecule has 1 aliphatic rings. The van der Waals surface area contributed by atoms with E-state index in [-0.39, 0.29) is 16.5 Å². The van der Waals surface area contributed by atoms with Gasteiger partial charge in [-0.25, -0.2) is 8.42 Å². The average Bonchev–Trinajstić information content (AvgIpc) is 2.44. The second-order valence-electron chi connectivity index (χ2n) is 5.33. The van der Waals surface area contributed by atoms with Crippen LogP contribution in [0.4, 0.5) is 0 Å².